The number of carboxylic acids is 1. The van der Waals surface area contributed by atoms with E-state index in [2.05, 4.69) is 0 Å². The molecule has 2 rings (SSSR count). The molecule has 5 heteroatoms. The Hall–Kier alpha value is -1.55. The molecule has 1 aliphatic rings. The Bertz CT molecular complexity index is 522. The molecular weight excluding hydrogens is 278 g/mol. The van der Waals surface area contributed by atoms with Crippen LogP contribution in [0.1, 0.15) is 24.0 Å². The number of piperidine rings is 1. The van der Waals surface area contributed by atoms with Crippen LogP contribution < -0.4 is 0 Å². The van der Waals surface area contributed by atoms with Gasteiger partial charge in [-0.25, -0.2) is 0 Å². The third-order valence-corrected chi connectivity index (χ3v) is 4.35. The van der Waals surface area contributed by atoms with E-state index >= 15 is 0 Å². The maximum absolute atomic E-state index is 12.2. The highest BCUT2D eigenvalue weighted by Gasteiger charge is 2.27. The van der Waals surface area contributed by atoms with Crippen LogP contribution in [0.15, 0.2) is 18.2 Å². The lowest BCUT2D eigenvalue weighted by atomic mass is 9.96. The zero-order valence-electron chi connectivity index (χ0n) is 11.4. The van der Waals surface area contributed by atoms with E-state index in [0.29, 0.717) is 31.0 Å². The number of carboxylic acid groups (broad SMARTS) is 1. The molecule has 1 amide bonds. The predicted octanol–water partition coefficient (Wildman–Crippen LogP) is 2.51. The summed E-state index contributed by atoms with van der Waals surface area (Å²) in [6.07, 6.45) is 1.34. The maximum atomic E-state index is 12.2. The summed E-state index contributed by atoms with van der Waals surface area (Å²) in [5.74, 6) is -1.07. The summed E-state index contributed by atoms with van der Waals surface area (Å²) < 4.78 is 0. The van der Waals surface area contributed by atoms with Gasteiger partial charge in [0.15, 0.2) is 0 Å². The van der Waals surface area contributed by atoms with Gasteiger partial charge in [-0.1, -0.05) is 29.8 Å². The van der Waals surface area contributed by atoms with E-state index in [1.54, 1.807) is 4.90 Å². The van der Waals surface area contributed by atoms with Crippen molar-refractivity contribution in [3.8, 4) is 0 Å². The van der Waals surface area contributed by atoms with Crippen LogP contribution in [0.2, 0.25) is 5.02 Å². The summed E-state index contributed by atoms with van der Waals surface area (Å²) in [6.45, 7) is 2.94. The van der Waals surface area contributed by atoms with E-state index in [1.807, 2.05) is 25.1 Å². The van der Waals surface area contributed by atoms with E-state index < -0.39 is 5.97 Å². The molecule has 1 heterocycles. The van der Waals surface area contributed by atoms with Crippen molar-refractivity contribution in [3.63, 3.8) is 0 Å². The number of likely N-dealkylation sites (tertiary alicyclic amines) is 1. The molecule has 0 radical (unpaired) electrons. The molecule has 4 nitrogen and oxygen atoms in total. The van der Waals surface area contributed by atoms with Crippen LogP contribution in [0, 0.1) is 12.8 Å². The summed E-state index contributed by atoms with van der Waals surface area (Å²) in [6, 6.07) is 5.66. The quantitative estimate of drug-likeness (QED) is 0.932. The molecule has 20 heavy (non-hydrogen) atoms. The lowest BCUT2D eigenvalue weighted by molar-refractivity contribution is -0.145. The molecule has 1 N–H and O–H groups in total. The van der Waals surface area contributed by atoms with E-state index in [-0.39, 0.29) is 18.2 Å². The molecule has 1 saturated heterocycles. The normalized spacial score (nSPS) is 16.2. The molecule has 0 bridgehead atoms. The zero-order chi connectivity index (χ0) is 14.7. The number of amides is 1. The fourth-order valence-corrected chi connectivity index (χ4v) is 2.69. The van der Waals surface area contributed by atoms with Crippen molar-refractivity contribution in [3.05, 3.63) is 34.3 Å². The summed E-state index contributed by atoms with van der Waals surface area (Å²) in [7, 11) is 0. The number of nitrogens with zero attached hydrogens (tertiary/aromatic N) is 1. The molecule has 108 valence electrons. The molecule has 1 aliphatic heterocycles. The SMILES string of the molecule is Cc1cccc(CC(=O)N2CCC(C(=O)O)CC2)c1Cl. The van der Waals surface area contributed by atoms with Crippen LogP contribution in [0.3, 0.4) is 0 Å². The van der Waals surface area contributed by atoms with Crippen molar-refractivity contribution < 1.29 is 14.7 Å². The van der Waals surface area contributed by atoms with Gasteiger partial charge in [0.25, 0.3) is 0 Å². The Morgan fingerprint density at radius 3 is 2.60 bits per heavy atom. The third kappa shape index (κ3) is 3.31. The predicted molar refractivity (Wildman–Crippen MR) is 76.8 cm³/mol. The molecule has 1 aromatic carbocycles. The number of aryl methyl sites for hydroxylation is 1. The van der Waals surface area contributed by atoms with Gasteiger partial charge in [-0.15, -0.1) is 0 Å². The van der Waals surface area contributed by atoms with E-state index in [0.717, 1.165) is 11.1 Å². The van der Waals surface area contributed by atoms with Crippen molar-refractivity contribution in [2.24, 2.45) is 5.92 Å². The van der Waals surface area contributed by atoms with Crippen molar-refractivity contribution in [2.75, 3.05) is 13.1 Å². The summed E-state index contributed by atoms with van der Waals surface area (Å²) >= 11 is 6.19. The Kier molecular flexibility index (Phi) is 4.65. The Balaban J connectivity index is 1.96. The minimum absolute atomic E-state index is 0.0151. The monoisotopic (exact) mass is 295 g/mol. The second-order valence-electron chi connectivity index (χ2n) is 5.22. The largest absolute Gasteiger partial charge is 0.481 e. The average Bonchev–Trinajstić information content (AvgIpc) is 2.44. The summed E-state index contributed by atoms with van der Waals surface area (Å²) in [4.78, 5) is 24.8. The second kappa shape index (κ2) is 6.27. The van der Waals surface area contributed by atoms with Gasteiger partial charge in [-0.2, -0.15) is 0 Å². The zero-order valence-corrected chi connectivity index (χ0v) is 12.2. The number of aliphatic carboxylic acids is 1. The molecule has 0 atom stereocenters. The fraction of sp³-hybridized carbons (Fsp3) is 0.467. The first-order valence-electron chi connectivity index (χ1n) is 6.73. The Morgan fingerprint density at radius 2 is 2.00 bits per heavy atom. The van der Waals surface area contributed by atoms with Gasteiger partial charge < -0.3 is 10.0 Å². The van der Waals surface area contributed by atoms with Crippen LogP contribution in [0.25, 0.3) is 0 Å². The van der Waals surface area contributed by atoms with Gasteiger partial charge >= 0.3 is 5.97 Å². The van der Waals surface area contributed by atoms with Crippen LogP contribution in [-0.2, 0) is 16.0 Å². The highest BCUT2D eigenvalue weighted by Crippen LogP contribution is 2.23. The molecule has 0 unspecified atom stereocenters. The first-order valence-corrected chi connectivity index (χ1v) is 7.11. The number of rotatable bonds is 3. The van der Waals surface area contributed by atoms with Crippen LogP contribution in [0.4, 0.5) is 0 Å². The van der Waals surface area contributed by atoms with Crippen LogP contribution >= 0.6 is 11.6 Å². The first-order chi connectivity index (χ1) is 9.49. The molecule has 1 fully saturated rings. The van der Waals surface area contributed by atoms with Gasteiger partial charge in [0, 0.05) is 18.1 Å². The smallest absolute Gasteiger partial charge is 0.306 e. The highest BCUT2D eigenvalue weighted by molar-refractivity contribution is 6.32. The minimum Gasteiger partial charge on any atom is -0.481 e. The molecule has 1 aromatic rings. The lowest BCUT2D eigenvalue weighted by Gasteiger charge is -2.30. The third-order valence-electron chi connectivity index (χ3n) is 3.81. The van der Waals surface area contributed by atoms with Crippen LogP contribution in [-0.4, -0.2) is 35.0 Å². The molecule has 0 aliphatic carbocycles. The fourth-order valence-electron chi connectivity index (χ4n) is 2.50. The lowest BCUT2D eigenvalue weighted by Crippen LogP contribution is -2.41. The number of carbonyl (C=O) groups is 2. The molecule has 0 saturated carbocycles. The number of benzene rings is 1. The Labute approximate surface area is 123 Å². The van der Waals surface area contributed by atoms with E-state index in [9.17, 15) is 9.59 Å². The van der Waals surface area contributed by atoms with Crippen molar-refractivity contribution in [1.82, 2.24) is 4.90 Å². The molecule has 0 aromatic heterocycles. The average molecular weight is 296 g/mol. The second-order valence-corrected chi connectivity index (χ2v) is 5.60. The number of halogens is 1. The van der Waals surface area contributed by atoms with Gasteiger partial charge in [-0.05, 0) is 30.9 Å². The Morgan fingerprint density at radius 1 is 1.35 bits per heavy atom. The first kappa shape index (κ1) is 14.9. The molecule has 0 spiro atoms. The van der Waals surface area contributed by atoms with Crippen molar-refractivity contribution in [2.45, 2.75) is 26.2 Å². The number of carbonyl (C=O) groups excluding carboxylic acids is 1. The van der Waals surface area contributed by atoms with Crippen molar-refractivity contribution >= 4 is 23.5 Å². The van der Waals surface area contributed by atoms with Gasteiger partial charge in [0.2, 0.25) is 5.91 Å². The maximum Gasteiger partial charge on any atom is 0.306 e. The van der Waals surface area contributed by atoms with Gasteiger partial charge in [0.05, 0.1) is 12.3 Å². The summed E-state index contributed by atoms with van der Waals surface area (Å²) in [5.41, 5.74) is 1.79. The van der Waals surface area contributed by atoms with Crippen LogP contribution in [0.5, 0.6) is 0 Å². The van der Waals surface area contributed by atoms with Gasteiger partial charge in [0.1, 0.15) is 0 Å². The van der Waals surface area contributed by atoms with E-state index in [1.165, 1.54) is 0 Å². The standard InChI is InChI=1S/C15H18ClNO3/c1-10-3-2-4-12(14(10)16)9-13(18)17-7-5-11(6-8-17)15(19)20/h2-4,11H,5-9H2,1H3,(H,19,20). The molecular formula is C15H18ClNO3. The van der Waals surface area contributed by atoms with Crippen molar-refractivity contribution in [1.29, 1.82) is 0 Å². The topological polar surface area (TPSA) is 57.6 Å². The van der Waals surface area contributed by atoms with Gasteiger partial charge in [-0.3, -0.25) is 9.59 Å². The van der Waals surface area contributed by atoms with E-state index in [4.69, 9.17) is 16.7 Å². The summed E-state index contributed by atoms with van der Waals surface area (Å²) in [5, 5.41) is 9.58. The number of hydrogen-bond acceptors (Lipinski definition) is 2. The highest BCUT2D eigenvalue weighted by atomic mass is 35.5. The number of hydrogen-bond donors (Lipinski definition) is 1. The minimum atomic E-state index is -0.765.